The number of anilines is 1. The van der Waals surface area contributed by atoms with Crippen molar-refractivity contribution in [1.29, 1.82) is 0 Å². The number of hydrogen-bond donors (Lipinski definition) is 4. The maximum atomic E-state index is 8.80. The third-order valence-corrected chi connectivity index (χ3v) is 2.62. The fraction of sp³-hybridized carbons (Fsp3) is 0.714. The summed E-state index contributed by atoms with van der Waals surface area (Å²) in [5.74, 6) is 5.18. The van der Waals surface area contributed by atoms with Crippen molar-refractivity contribution in [1.82, 2.24) is 15.1 Å². The van der Waals surface area contributed by atoms with Crippen LogP contribution in [-0.2, 0) is 6.54 Å². The molecular weight excluding hydrogens is 218 g/mol. The van der Waals surface area contributed by atoms with Crippen LogP contribution in [0.15, 0.2) is 0 Å². The van der Waals surface area contributed by atoms with Gasteiger partial charge in [-0.3, -0.25) is 10.3 Å². The van der Waals surface area contributed by atoms with E-state index in [0.717, 1.165) is 5.01 Å². The van der Waals surface area contributed by atoms with Gasteiger partial charge in [0.05, 0.1) is 19.8 Å². The molecule has 0 aliphatic carbocycles. The molecular formula is C7H15N5O2S. The van der Waals surface area contributed by atoms with Gasteiger partial charge in [-0.1, -0.05) is 11.3 Å². The zero-order valence-electron chi connectivity index (χ0n) is 8.26. The second kappa shape index (κ2) is 6.64. The average molecular weight is 233 g/mol. The van der Waals surface area contributed by atoms with Crippen molar-refractivity contribution in [2.24, 2.45) is 5.84 Å². The van der Waals surface area contributed by atoms with E-state index >= 15 is 0 Å². The van der Waals surface area contributed by atoms with Gasteiger partial charge in [-0.2, -0.15) is 0 Å². The Kier molecular flexibility index (Phi) is 5.43. The fourth-order valence-electron chi connectivity index (χ4n) is 1.12. The predicted molar refractivity (Wildman–Crippen MR) is 57.2 cm³/mol. The van der Waals surface area contributed by atoms with Crippen molar-refractivity contribution in [3.05, 3.63) is 5.01 Å². The molecule has 0 amide bonds. The highest BCUT2D eigenvalue weighted by molar-refractivity contribution is 7.15. The van der Waals surface area contributed by atoms with Gasteiger partial charge in [-0.25, -0.2) is 5.84 Å². The highest BCUT2D eigenvalue weighted by Gasteiger charge is 2.08. The number of hydrogen-bond acceptors (Lipinski definition) is 8. The summed E-state index contributed by atoms with van der Waals surface area (Å²) in [5.41, 5.74) is 2.41. The number of aliphatic hydroxyl groups excluding tert-OH is 2. The van der Waals surface area contributed by atoms with Gasteiger partial charge in [0.15, 0.2) is 0 Å². The summed E-state index contributed by atoms with van der Waals surface area (Å²) in [7, 11) is 0. The molecule has 0 fully saturated rings. The number of rotatable bonds is 7. The van der Waals surface area contributed by atoms with Crippen LogP contribution < -0.4 is 11.3 Å². The molecule has 0 saturated heterocycles. The fourth-order valence-corrected chi connectivity index (χ4v) is 1.81. The lowest BCUT2D eigenvalue weighted by Crippen LogP contribution is -2.29. The molecule has 0 aliphatic heterocycles. The number of aromatic nitrogens is 2. The minimum atomic E-state index is 0.0563. The first-order valence-electron chi connectivity index (χ1n) is 4.53. The van der Waals surface area contributed by atoms with Crippen molar-refractivity contribution in [2.45, 2.75) is 6.54 Å². The molecule has 0 bridgehead atoms. The predicted octanol–water partition coefficient (Wildman–Crippen LogP) is -1.39. The van der Waals surface area contributed by atoms with Crippen LogP contribution in [-0.4, -0.2) is 51.6 Å². The summed E-state index contributed by atoms with van der Waals surface area (Å²) >= 11 is 1.35. The summed E-state index contributed by atoms with van der Waals surface area (Å²) in [5, 5.41) is 26.7. The van der Waals surface area contributed by atoms with E-state index in [1.807, 2.05) is 4.90 Å². The van der Waals surface area contributed by atoms with E-state index in [0.29, 0.717) is 24.8 Å². The van der Waals surface area contributed by atoms with E-state index in [9.17, 15) is 0 Å². The first kappa shape index (κ1) is 12.3. The van der Waals surface area contributed by atoms with Gasteiger partial charge in [-0.15, -0.1) is 10.2 Å². The van der Waals surface area contributed by atoms with E-state index < -0.39 is 0 Å². The number of nitrogens with zero attached hydrogens (tertiary/aromatic N) is 3. The number of nitrogens with two attached hydrogens (primary N) is 1. The average Bonchev–Trinajstić information content (AvgIpc) is 2.66. The minimum Gasteiger partial charge on any atom is -0.395 e. The third kappa shape index (κ3) is 4.06. The molecule has 0 atom stereocenters. The van der Waals surface area contributed by atoms with E-state index in [1.54, 1.807) is 0 Å². The Balaban J connectivity index is 2.48. The number of nitrogens with one attached hydrogen (secondary N) is 1. The van der Waals surface area contributed by atoms with Crippen LogP contribution in [0.1, 0.15) is 5.01 Å². The molecule has 86 valence electrons. The highest BCUT2D eigenvalue weighted by atomic mass is 32.1. The Bertz CT molecular complexity index is 276. The van der Waals surface area contributed by atoms with Crippen LogP contribution in [0, 0.1) is 0 Å². The van der Waals surface area contributed by atoms with E-state index in [-0.39, 0.29) is 13.2 Å². The molecule has 0 saturated carbocycles. The number of aliphatic hydroxyl groups is 2. The van der Waals surface area contributed by atoms with Crippen LogP contribution in [0.25, 0.3) is 0 Å². The molecule has 5 N–H and O–H groups in total. The SMILES string of the molecule is NNc1nnc(CN(CCO)CCO)s1. The van der Waals surface area contributed by atoms with Crippen LogP contribution >= 0.6 is 11.3 Å². The Morgan fingerprint density at radius 2 is 1.93 bits per heavy atom. The van der Waals surface area contributed by atoms with Crippen molar-refractivity contribution in [3.63, 3.8) is 0 Å². The molecule has 8 heteroatoms. The van der Waals surface area contributed by atoms with Crippen LogP contribution in [0.3, 0.4) is 0 Å². The quantitative estimate of drug-likeness (QED) is 0.339. The van der Waals surface area contributed by atoms with E-state index in [4.69, 9.17) is 16.1 Å². The highest BCUT2D eigenvalue weighted by Crippen LogP contribution is 2.15. The Morgan fingerprint density at radius 3 is 2.40 bits per heavy atom. The summed E-state index contributed by atoms with van der Waals surface area (Å²) in [4.78, 5) is 1.89. The Hall–Kier alpha value is -0.800. The molecule has 0 spiro atoms. The molecule has 1 aromatic heterocycles. The molecule has 0 unspecified atom stereocenters. The number of nitrogen functional groups attached to an aromatic ring is 1. The molecule has 15 heavy (non-hydrogen) atoms. The van der Waals surface area contributed by atoms with Crippen molar-refractivity contribution in [2.75, 3.05) is 31.7 Å². The van der Waals surface area contributed by atoms with Gasteiger partial charge in [0, 0.05) is 13.1 Å². The van der Waals surface area contributed by atoms with Crippen LogP contribution in [0.5, 0.6) is 0 Å². The summed E-state index contributed by atoms with van der Waals surface area (Å²) in [6, 6.07) is 0. The van der Waals surface area contributed by atoms with Crippen molar-refractivity contribution < 1.29 is 10.2 Å². The third-order valence-electron chi connectivity index (χ3n) is 1.78. The lowest BCUT2D eigenvalue weighted by atomic mass is 10.4. The van der Waals surface area contributed by atoms with E-state index in [1.165, 1.54) is 11.3 Å². The summed E-state index contributed by atoms with van der Waals surface area (Å²) in [6.45, 7) is 1.68. The molecule has 1 aromatic rings. The standard InChI is InChI=1S/C7H15N5O2S/c8-9-7-11-10-6(15-7)5-12(1-3-13)2-4-14/h13-14H,1-5,8H2,(H,9,11). The van der Waals surface area contributed by atoms with Crippen LogP contribution in [0.4, 0.5) is 5.13 Å². The van der Waals surface area contributed by atoms with Crippen molar-refractivity contribution in [3.8, 4) is 0 Å². The maximum Gasteiger partial charge on any atom is 0.219 e. The van der Waals surface area contributed by atoms with Gasteiger partial charge >= 0.3 is 0 Å². The zero-order chi connectivity index (χ0) is 11.1. The zero-order valence-corrected chi connectivity index (χ0v) is 9.07. The molecule has 0 aromatic carbocycles. The first-order valence-corrected chi connectivity index (χ1v) is 5.35. The van der Waals surface area contributed by atoms with Gasteiger partial charge in [0.1, 0.15) is 5.01 Å². The Morgan fingerprint density at radius 1 is 1.27 bits per heavy atom. The van der Waals surface area contributed by atoms with Crippen LogP contribution in [0.2, 0.25) is 0 Å². The minimum absolute atomic E-state index is 0.0563. The van der Waals surface area contributed by atoms with Gasteiger partial charge in [0.25, 0.3) is 0 Å². The smallest absolute Gasteiger partial charge is 0.219 e. The number of hydrazine groups is 1. The summed E-state index contributed by atoms with van der Waals surface area (Å²) < 4.78 is 0. The molecule has 0 radical (unpaired) electrons. The largest absolute Gasteiger partial charge is 0.395 e. The monoisotopic (exact) mass is 233 g/mol. The normalized spacial score (nSPS) is 10.9. The second-order valence-electron chi connectivity index (χ2n) is 2.87. The molecule has 7 nitrogen and oxygen atoms in total. The van der Waals surface area contributed by atoms with Gasteiger partial charge < -0.3 is 10.2 Å². The maximum absolute atomic E-state index is 8.80. The van der Waals surface area contributed by atoms with Gasteiger partial charge in [-0.05, 0) is 0 Å². The lowest BCUT2D eigenvalue weighted by molar-refractivity contribution is 0.155. The van der Waals surface area contributed by atoms with E-state index in [2.05, 4.69) is 15.6 Å². The molecule has 1 rings (SSSR count). The second-order valence-corrected chi connectivity index (χ2v) is 3.93. The lowest BCUT2D eigenvalue weighted by Gasteiger charge is -2.17. The van der Waals surface area contributed by atoms with Crippen molar-refractivity contribution >= 4 is 16.5 Å². The molecule has 1 heterocycles. The first-order chi connectivity index (χ1) is 7.30. The van der Waals surface area contributed by atoms with Gasteiger partial charge in [0.2, 0.25) is 5.13 Å². The Labute approximate surface area is 91.5 Å². The topological polar surface area (TPSA) is 108 Å². The summed E-state index contributed by atoms with van der Waals surface area (Å²) in [6.07, 6.45) is 0. The molecule has 0 aliphatic rings.